The lowest BCUT2D eigenvalue weighted by Crippen LogP contribution is -2.25. The standard InChI is InChI=1S/C24H24N2O3/c1-18-4-9-21(10-5-18)25-24(27)17-29-22-11-8-20(16-23(22)28-3)7-6-19-12-14-26(2)15-13-19/h4-16H,17H2,1-3H3/p+1/b7-6+. The van der Waals surface area contributed by atoms with E-state index in [0.29, 0.717) is 11.5 Å². The molecule has 0 radical (unpaired) electrons. The molecule has 3 rings (SSSR count). The number of benzene rings is 2. The summed E-state index contributed by atoms with van der Waals surface area (Å²) >= 11 is 0. The molecule has 29 heavy (non-hydrogen) atoms. The minimum absolute atomic E-state index is 0.0968. The molecular weight excluding hydrogens is 364 g/mol. The molecule has 148 valence electrons. The topological polar surface area (TPSA) is 51.4 Å². The van der Waals surface area contributed by atoms with Crippen LogP contribution in [-0.4, -0.2) is 19.6 Å². The zero-order valence-corrected chi connectivity index (χ0v) is 16.9. The molecule has 2 aromatic carbocycles. The maximum absolute atomic E-state index is 12.1. The Morgan fingerprint density at radius 2 is 1.66 bits per heavy atom. The Hall–Kier alpha value is -3.60. The van der Waals surface area contributed by atoms with Gasteiger partial charge < -0.3 is 14.8 Å². The lowest BCUT2D eigenvalue weighted by atomic mass is 10.1. The quantitative estimate of drug-likeness (QED) is 0.621. The maximum atomic E-state index is 12.1. The Morgan fingerprint density at radius 3 is 2.34 bits per heavy atom. The molecule has 5 nitrogen and oxygen atoms in total. The van der Waals surface area contributed by atoms with Gasteiger partial charge in [0.2, 0.25) is 0 Å². The predicted molar refractivity (Wildman–Crippen MR) is 115 cm³/mol. The second-order valence-electron chi connectivity index (χ2n) is 6.74. The molecule has 0 aliphatic heterocycles. The summed E-state index contributed by atoms with van der Waals surface area (Å²) in [5, 5.41) is 2.81. The molecule has 1 N–H and O–H groups in total. The van der Waals surface area contributed by atoms with Crippen LogP contribution in [0.5, 0.6) is 11.5 Å². The van der Waals surface area contributed by atoms with Gasteiger partial charge in [-0.2, -0.15) is 0 Å². The van der Waals surface area contributed by atoms with Crippen LogP contribution in [0.15, 0.2) is 67.0 Å². The summed E-state index contributed by atoms with van der Waals surface area (Å²) in [6, 6.07) is 17.3. The Bertz CT molecular complexity index is 994. The van der Waals surface area contributed by atoms with E-state index < -0.39 is 0 Å². The van der Waals surface area contributed by atoms with E-state index in [1.54, 1.807) is 7.11 Å². The first-order valence-electron chi connectivity index (χ1n) is 9.34. The van der Waals surface area contributed by atoms with Gasteiger partial charge in [-0.25, -0.2) is 4.57 Å². The van der Waals surface area contributed by atoms with Gasteiger partial charge in [-0.3, -0.25) is 4.79 Å². The number of hydrogen-bond donors (Lipinski definition) is 1. The van der Waals surface area contributed by atoms with Crippen molar-refractivity contribution in [1.29, 1.82) is 0 Å². The monoisotopic (exact) mass is 389 g/mol. The zero-order chi connectivity index (χ0) is 20.6. The van der Waals surface area contributed by atoms with Crippen molar-refractivity contribution in [2.75, 3.05) is 19.0 Å². The lowest BCUT2D eigenvalue weighted by molar-refractivity contribution is -0.671. The number of nitrogens with zero attached hydrogens (tertiary/aromatic N) is 1. The summed E-state index contributed by atoms with van der Waals surface area (Å²) in [5.74, 6) is 0.877. The van der Waals surface area contributed by atoms with Gasteiger partial charge in [0.25, 0.3) is 5.91 Å². The molecule has 0 atom stereocenters. The van der Waals surface area contributed by atoms with Crippen molar-refractivity contribution in [3.8, 4) is 11.5 Å². The van der Waals surface area contributed by atoms with Crippen molar-refractivity contribution < 1.29 is 18.8 Å². The number of aryl methyl sites for hydroxylation is 2. The fourth-order valence-electron chi connectivity index (χ4n) is 2.70. The fraction of sp³-hybridized carbons (Fsp3) is 0.167. The number of anilines is 1. The van der Waals surface area contributed by atoms with E-state index in [9.17, 15) is 4.79 Å². The first-order valence-corrected chi connectivity index (χ1v) is 9.34. The molecule has 0 unspecified atom stereocenters. The summed E-state index contributed by atoms with van der Waals surface area (Å²) in [6.07, 6.45) is 8.04. The van der Waals surface area contributed by atoms with Gasteiger partial charge in [-0.1, -0.05) is 35.9 Å². The third-order valence-corrected chi connectivity index (χ3v) is 4.35. The van der Waals surface area contributed by atoms with Crippen molar-refractivity contribution in [3.05, 3.63) is 83.7 Å². The number of aromatic nitrogens is 1. The van der Waals surface area contributed by atoms with Gasteiger partial charge in [0.15, 0.2) is 30.5 Å². The van der Waals surface area contributed by atoms with Gasteiger partial charge in [-0.05, 0) is 42.3 Å². The highest BCUT2D eigenvalue weighted by Crippen LogP contribution is 2.28. The van der Waals surface area contributed by atoms with E-state index in [1.807, 2.05) is 97.7 Å². The zero-order valence-electron chi connectivity index (χ0n) is 16.9. The number of carbonyl (C=O) groups excluding carboxylic acids is 1. The minimum atomic E-state index is -0.225. The molecule has 0 bridgehead atoms. The lowest BCUT2D eigenvalue weighted by Gasteiger charge is -2.11. The number of rotatable bonds is 7. The average molecular weight is 389 g/mol. The molecular formula is C24H25N2O3+. The summed E-state index contributed by atoms with van der Waals surface area (Å²) in [6.45, 7) is 1.90. The second kappa shape index (κ2) is 9.55. The van der Waals surface area contributed by atoms with Crippen LogP contribution in [0.2, 0.25) is 0 Å². The molecule has 0 aliphatic rings. The largest absolute Gasteiger partial charge is 0.493 e. The Balaban J connectivity index is 1.61. The minimum Gasteiger partial charge on any atom is -0.493 e. The Labute approximate surface area is 171 Å². The molecule has 0 saturated carbocycles. The number of amides is 1. The first kappa shape index (κ1) is 20.1. The molecule has 0 aliphatic carbocycles. The van der Waals surface area contributed by atoms with Gasteiger partial charge in [0, 0.05) is 17.8 Å². The molecule has 0 fully saturated rings. The first-order chi connectivity index (χ1) is 14.0. The van der Waals surface area contributed by atoms with Gasteiger partial charge >= 0.3 is 0 Å². The van der Waals surface area contributed by atoms with Gasteiger partial charge in [0.1, 0.15) is 7.05 Å². The van der Waals surface area contributed by atoms with Crippen LogP contribution in [0, 0.1) is 6.92 Å². The Morgan fingerprint density at radius 1 is 0.966 bits per heavy atom. The second-order valence-corrected chi connectivity index (χ2v) is 6.74. The number of hydrogen-bond acceptors (Lipinski definition) is 3. The van der Waals surface area contributed by atoms with E-state index in [2.05, 4.69) is 5.32 Å². The smallest absolute Gasteiger partial charge is 0.262 e. The van der Waals surface area contributed by atoms with Crippen LogP contribution in [0.4, 0.5) is 5.69 Å². The SMILES string of the molecule is COc1cc(/C=C/c2cc[n+](C)cc2)ccc1OCC(=O)Nc1ccc(C)cc1. The van der Waals surface area contributed by atoms with Crippen LogP contribution >= 0.6 is 0 Å². The highest BCUT2D eigenvalue weighted by molar-refractivity contribution is 5.91. The average Bonchev–Trinajstić information content (AvgIpc) is 2.73. The van der Waals surface area contributed by atoms with Crippen LogP contribution in [0.3, 0.4) is 0 Å². The van der Waals surface area contributed by atoms with Gasteiger partial charge in [-0.15, -0.1) is 0 Å². The van der Waals surface area contributed by atoms with Crippen molar-refractivity contribution in [3.63, 3.8) is 0 Å². The number of carbonyl (C=O) groups is 1. The van der Waals surface area contributed by atoms with E-state index >= 15 is 0 Å². The van der Waals surface area contributed by atoms with E-state index in [-0.39, 0.29) is 12.5 Å². The molecule has 1 heterocycles. The normalized spacial score (nSPS) is 10.7. The Kier molecular flexibility index (Phi) is 6.63. The van der Waals surface area contributed by atoms with Crippen LogP contribution < -0.4 is 19.4 Å². The van der Waals surface area contributed by atoms with Crippen LogP contribution in [-0.2, 0) is 11.8 Å². The fourth-order valence-corrected chi connectivity index (χ4v) is 2.70. The number of pyridine rings is 1. The van der Waals surface area contributed by atoms with E-state index in [0.717, 1.165) is 22.4 Å². The van der Waals surface area contributed by atoms with Crippen molar-refractivity contribution in [2.24, 2.45) is 7.05 Å². The van der Waals surface area contributed by atoms with Crippen LogP contribution in [0.1, 0.15) is 16.7 Å². The predicted octanol–water partition coefficient (Wildman–Crippen LogP) is 4.02. The van der Waals surface area contributed by atoms with Crippen molar-refractivity contribution >= 4 is 23.7 Å². The summed E-state index contributed by atoms with van der Waals surface area (Å²) in [4.78, 5) is 12.1. The van der Waals surface area contributed by atoms with Crippen molar-refractivity contribution in [1.82, 2.24) is 0 Å². The third kappa shape index (κ3) is 5.94. The summed E-state index contributed by atoms with van der Waals surface area (Å²) in [7, 11) is 3.57. The molecule has 1 amide bonds. The van der Waals surface area contributed by atoms with Gasteiger partial charge in [0.05, 0.1) is 7.11 Å². The highest BCUT2D eigenvalue weighted by Gasteiger charge is 2.08. The maximum Gasteiger partial charge on any atom is 0.262 e. The summed E-state index contributed by atoms with van der Waals surface area (Å²) in [5.41, 5.74) is 3.97. The number of ether oxygens (including phenoxy) is 2. The molecule has 5 heteroatoms. The highest BCUT2D eigenvalue weighted by atomic mass is 16.5. The molecule has 0 saturated heterocycles. The van der Waals surface area contributed by atoms with Crippen LogP contribution in [0.25, 0.3) is 12.2 Å². The van der Waals surface area contributed by atoms with E-state index in [1.165, 1.54) is 0 Å². The van der Waals surface area contributed by atoms with Crippen molar-refractivity contribution in [2.45, 2.75) is 6.92 Å². The third-order valence-electron chi connectivity index (χ3n) is 4.35. The number of nitrogens with one attached hydrogen (secondary N) is 1. The molecule has 0 spiro atoms. The summed E-state index contributed by atoms with van der Waals surface area (Å²) < 4.78 is 13.1. The van der Waals surface area contributed by atoms with E-state index in [4.69, 9.17) is 9.47 Å². The molecule has 3 aromatic rings. The number of methoxy groups -OCH3 is 1. The molecule has 1 aromatic heterocycles.